The number of ether oxygens (including phenoxy) is 1. The van der Waals surface area contributed by atoms with Crippen molar-refractivity contribution < 1.29 is 4.74 Å². The second-order valence-corrected chi connectivity index (χ2v) is 5.58. The molecule has 1 aliphatic heterocycles. The number of morpholine rings is 1. The molecule has 0 aliphatic carbocycles. The molecular weight excluding hydrogens is 260 g/mol. The molecule has 0 saturated carbocycles. The van der Waals surface area contributed by atoms with Crippen molar-refractivity contribution in [2.24, 2.45) is 0 Å². The van der Waals surface area contributed by atoms with Crippen LogP contribution in [0.5, 0.6) is 0 Å². The maximum atomic E-state index is 5.38. The van der Waals surface area contributed by atoms with Gasteiger partial charge in [-0.15, -0.1) is 6.58 Å². The van der Waals surface area contributed by atoms with Crippen molar-refractivity contribution in [1.82, 2.24) is 9.80 Å². The summed E-state index contributed by atoms with van der Waals surface area (Å²) in [6, 6.07) is 10.6. The van der Waals surface area contributed by atoms with Crippen LogP contribution in [0.1, 0.15) is 5.56 Å². The molecule has 0 N–H and O–H groups in total. The predicted octanol–water partition coefficient (Wildman–Crippen LogP) is 2.56. The molecule has 0 amide bonds. The second kappa shape index (κ2) is 8.78. The van der Waals surface area contributed by atoms with E-state index in [9.17, 15) is 0 Å². The van der Waals surface area contributed by atoms with E-state index < -0.39 is 0 Å². The Labute approximate surface area is 128 Å². The third-order valence-corrected chi connectivity index (χ3v) is 3.63. The molecule has 21 heavy (non-hydrogen) atoms. The fourth-order valence-corrected chi connectivity index (χ4v) is 2.65. The summed E-state index contributed by atoms with van der Waals surface area (Å²) in [6.45, 7) is 15.5. The van der Waals surface area contributed by atoms with Gasteiger partial charge in [-0.1, -0.05) is 43.0 Å². The van der Waals surface area contributed by atoms with Gasteiger partial charge < -0.3 is 4.74 Å². The summed E-state index contributed by atoms with van der Waals surface area (Å²) >= 11 is 0. The van der Waals surface area contributed by atoms with Gasteiger partial charge in [0.1, 0.15) is 0 Å². The van der Waals surface area contributed by atoms with E-state index in [0.717, 1.165) is 52.5 Å². The predicted molar refractivity (Wildman–Crippen MR) is 88.3 cm³/mol. The Bertz CT molecular complexity index is 438. The fourth-order valence-electron chi connectivity index (χ4n) is 2.65. The molecule has 0 aromatic heterocycles. The van der Waals surface area contributed by atoms with E-state index >= 15 is 0 Å². The first-order valence-corrected chi connectivity index (χ1v) is 7.62. The van der Waals surface area contributed by atoms with Gasteiger partial charge in [0.05, 0.1) is 13.2 Å². The maximum Gasteiger partial charge on any atom is 0.0594 e. The van der Waals surface area contributed by atoms with E-state index in [2.05, 4.69) is 53.3 Å². The van der Waals surface area contributed by atoms with Crippen LogP contribution in [0.4, 0.5) is 0 Å². The van der Waals surface area contributed by atoms with Crippen LogP contribution in [-0.4, -0.2) is 55.7 Å². The van der Waals surface area contributed by atoms with E-state index in [-0.39, 0.29) is 0 Å². The van der Waals surface area contributed by atoms with Crippen molar-refractivity contribution in [3.63, 3.8) is 0 Å². The Morgan fingerprint density at radius 1 is 1.24 bits per heavy atom. The highest BCUT2D eigenvalue weighted by Crippen LogP contribution is 2.08. The molecule has 0 unspecified atom stereocenters. The summed E-state index contributed by atoms with van der Waals surface area (Å²) in [6.07, 6.45) is 1.96. The Morgan fingerprint density at radius 2 is 1.95 bits per heavy atom. The highest BCUT2D eigenvalue weighted by Gasteiger charge is 2.13. The molecule has 0 radical (unpaired) electrons. The molecule has 1 aromatic carbocycles. The van der Waals surface area contributed by atoms with Crippen molar-refractivity contribution in [1.29, 1.82) is 0 Å². The van der Waals surface area contributed by atoms with E-state index in [0.29, 0.717) is 0 Å². The molecule has 3 heteroatoms. The highest BCUT2D eigenvalue weighted by molar-refractivity contribution is 5.15. The summed E-state index contributed by atoms with van der Waals surface area (Å²) in [5.41, 5.74) is 2.59. The first-order chi connectivity index (χ1) is 10.3. The molecule has 0 atom stereocenters. The normalized spacial score (nSPS) is 16.0. The number of nitrogens with zero attached hydrogens (tertiary/aromatic N) is 2. The number of rotatable bonds is 8. The fraction of sp³-hybridized carbons (Fsp3) is 0.444. The average molecular weight is 286 g/mol. The quantitative estimate of drug-likeness (QED) is 0.683. The zero-order valence-electron chi connectivity index (χ0n) is 12.8. The monoisotopic (exact) mass is 286 g/mol. The third-order valence-electron chi connectivity index (χ3n) is 3.63. The van der Waals surface area contributed by atoms with Gasteiger partial charge in [0.2, 0.25) is 0 Å². The molecule has 0 spiro atoms. The molecule has 1 fully saturated rings. The van der Waals surface area contributed by atoms with Crippen molar-refractivity contribution in [3.05, 3.63) is 60.7 Å². The lowest BCUT2D eigenvalue weighted by molar-refractivity contribution is 0.0416. The minimum Gasteiger partial charge on any atom is -0.379 e. The van der Waals surface area contributed by atoms with Gasteiger partial charge in [-0.2, -0.15) is 0 Å². The van der Waals surface area contributed by atoms with Crippen LogP contribution >= 0.6 is 0 Å². The molecule has 1 saturated heterocycles. The van der Waals surface area contributed by atoms with Crippen LogP contribution in [0.3, 0.4) is 0 Å². The van der Waals surface area contributed by atoms with Gasteiger partial charge in [-0.25, -0.2) is 0 Å². The first kappa shape index (κ1) is 16.0. The third kappa shape index (κ3) is 5.84. The van der Waals surface area contributed by atoms with E-state index in [4.69, 9.17) is 4.74 Å². The minimum atomic E-state index is 0.841. The van der Waals surface area contributed by atoms with Crippen LogP contribution in [-0.2, 0) is 11.3 Å². The summed E-state index contributed by atoms with van der Waals surface area (Å²) in [7, 11) is 0. The Kier molecular flexibility index (Phi) is 6.67. The van der Waals surface area contributed by atoms with Crippen molar-refractivity contribution in [2.45, 2.75) is 6.54 Å². The van der Waals surface area contributed by atoms with Gasteiger partial charge in [-0.05, 0) is 11.1 Å². The molecule has 0 bridgehead atoms. The lowest BCUT2D eigenvalue weighted by atomic mass is 10.2. The molecular formula is C18H26N2O. The topological polar surface area (TPSA) is 15.7 Å². The summed E-state index contributed by atoms with van der Waals surface area (Å²) < 4.78 is 5.38. The van der Waals surface area contributed by atoms with Crippen molar-refractivity contribution in [3.8, 4) is 0 Å². The SMILES string of the molecule is C=CCN(CC(=C)CN1CCOCC1)Cc1ccccc1. The van der Waals surface area contributed by atoms with Crippen molar-refractivity contribution in [2.75, 3.05) is 45.9 Å². The molecule has 114 valence electrons. The van der Waals surface area contributed by atoms with Gasteiger partial charge >= 0.3 is 0 Å². The van der Waals surface area contributed by atoms with E-state index in [1.54, 1.807) is 0 Å². The summed E-state index contributed by atoms with van der Waals surface area (Å²) in [4.78, 5) is 4.80. The zero-order chi connectivity index (χ0) is 14.9. The van der Waals surface area contributed by atoms with Gasteiger partial charge in [0, 0.05) is 39.3 Å². The molecule has 3 nitrogen and oxygen atoms in total. The summed E-state index contributed by atoms with van der Waals surface area (Å²) in [5.74, 6) is 0. The van der Waals surface area contributed by atoms with Crippen LogP contribution in [0.15, 0.2) is 55.1 Å². The van der Waals surface area contributed by atoms with Crippen LogP contribution in [0.25, 0.3) is 0 Å². The standard InChI is InChI=1S/C18H26N2O/c1-3-9-20(16-18-7-5-4-6-8-18)15-17(2)14-19-10-12-21-13-11-19/h3-8H,1-2,9-16H2. The maximum absolute atomic E-state index is 5.38. The lowest BCUT2D eigenvalue weighted by Gasteiger charge is -2.29. The Morgan fingerprint density at radius 3 is 2.62 bits per heavy atom. The number of hydrogen-bond acceptors (Lipinski definition) is 3. The number of hydrogen-bond donors (Lipinski definition) is 0. The molecule has 1 aromatic rings. The molecule has 1 aliphatic rings. The molecule has 2 rings (SSSR count). The minimum absolute atomic E-state index is 0.841. The average Bonchev–Trinajstić information content (AvgIpc) is 2.49. The Hall–Kier alpha value is -1.42. The zero-order valence-corrected chi connectivity index (χ0v) is 12.8. The van der Waals surface area contributed by atoms with Crippen molar-refractivity contribution >= 4 is 0 Å². The molecule has 1 heterocycles. The van der Waals surface area contributed by atoms with Gasteiger partial charge in [0.25, 0.3) is 0 Å². The Balaban J connectivity index is 1.83. The number of benzene rings is 1. The van der Waals surface area contributed by atoms with Gasteiger partial charge in [0.15, 0.2) is 0 Å². The highest BCUT2D eigenvalue weighted by atomic mass is 16.5. The van der Waals surface area contributed by atoms with Gasteiger partial charge in [-0.3, -0.25) is 9.80 Å². The van der Waals surface area contributed by atoms with E-state index in [1.807, 2.05) is 6.08 Å². The van der Waals surface area contributed by atoms with Crippen LogP contribution in [0, 0.1) is 0 Å². The van der Waals surface area contributed by atoms with Crippen LogP contribution < -0.4 is 0 Å². The van der Waals surface area contributed by atoms with Crippen LogP contribution in [0.2, 0.25) is 0 Å². The lowest BCUT2D eigenvalue weighted by Crippen LogP contribution is -2.39. The second-order valence-electron chi connectivity index (χ2n) is 5.58. The first-order valence-electron chi connectivity index (χ1n) is 7.62. The summed E-state index contributed by atoms with van der Waals surface area (Å²) in [5, 5.41) is 0. The smallest absolute Gasteiger partial charge is 0.0594 e. The largest absolute Gasteiger partial charge is 0.379 e. The van der Waals surface area contributed by atoms with E-state index in [1.165, 1.54) is 11.1 Å².